The van der Waals surface area contributed by atoms with Gasteiger partial charge in [-0.1, -0.05) is 41.6 Å². The SMILES string of the molecule is COc1cc2c(cc1Cl)C(=O)Cc1ccccc1S2. The van der Waals surface area contributed by atoms with Crippen LogP contribution in [0.25, 0.3) is 0 Å². The van der Waals surface area contributed by atoms with Crippen LogP contribution >= 0.6 is 23.4 Å². The number of carbonyl (C=O) groups excluding carboxylic acids is 1. The molecule has 2 aromatic rings. The van der Waals surface area contributed by atoms with Gasteiger partial charge in [-0.2, -0.15) is 0 Å². The molecule has 96 valence electrons. The van der Waals surface area contributed by atoms with Crippen molar-refractivity contribution in [2.75, 3.05) is 7.11 Å². The standard InChI is InChI=1S/C15H11ClO2S/c1-18-13-8-15-10(7-11(13)16)12(17)6-9-4-2-3-5-14(9)19-15/h2-5,7-8H,6H2,1H3. The Bertz CT molecular complexity index is 667. The number of hydrogen-bond acceptors (Lipinski definition) is 3. The lowest BCUT2D eigenvalue weighted by Gasteiger charge is -2.09. The number of benzene rings is 2. The highest BCUT2D eigenvalue weighted by molar-refractivity contribution is 7.99. The van der Waals surface area contributed by atoms with Crippen LogP contribution in [-0.4, -0.2) is 12.9 Å². The van der Waals surface area contributed by atoms with Gasteiger partial charge in [0.2, 0.25) is 0 Å². The Balaban J connectivity index is 2.17. The van der Waals surface area contributed by atoms with Gasteiger partial charge in [-0.05, 0) is 23.8 Å². The summed E-state index contributed by atoms with van der Waals surface area (Å²) in [5.41, 5.74) is 1.73. The van der Waals surface area contributed by atoms with Crippen LogP contribution in [0.2, 0.25) is 5.02 Å². The van der Waals surface area contributed by atoms with Gasteiger partial charge in [0.25, 0.3) is 0 Å². The zero-order chi connectivity index (χ0) is 13.4. The maximum Gasteiger partial charge on any atom is 0.168 e. The molecule has 0 aliphatic carbocycles. The molecule has 1 aliphatic heterocycles. The third kappa shape index (κ3) is 2.24. The number of ketones is 1. The smallest absolute Gasteiger partial charge is 0.168 e. The monoisotopic (exact) mass is 290 g/mol. The lowest BCUT2D eigenvalue weighted by molar-refractivity contribution is 0.0990. The van der Waals surface area contributed by atoms with Gasteiger partial charge in [0.1, 0.15) is 5.75 Å². The van der Waals surface area contributed by atoms with Crippen molar-refractivity contribution in [2.24, 2.45) is 0 Å². The number of rotatable bonds is 1. The van der Waals surface area contributed by atoms with E-state index < -0.39 is 0 Å². The maximum absolute atomic E-state index is 12.3. The first-order valence-corrected chi connectivity index (χ1v) is 7.05. The molecule has 0 saturated carbocycles. The molecule has 0 bridgehead atoms. The average molecular weight is 291 g/mol. The molecule has 0 fully saturated rings. The van der Waals surface area contributed by atoms with Crippen LogP contribution in [0.3, 0.4) is 0 Å². The number of halogens is 1. The van der Waals surface area contributed by atoms with Gasteiger partial charge in [0.15, 0.2) is 5.78 Å². The van der Waals surface area contributed by atoms with E-state index in [0.717, 1.165) is 15.4 Å². The first-order chi connectivity index (χ1) is 9.19. The molecule has 0 amide bonds. The van der Waals surface area contributed by atoms with E-state index >= 15 is 0 Å². The van der Waals surface area contributed by atoms with Gasteiger partial charge in [0, 0.05) is 21.8 Å². The minimum Gasteiger partial charge on any atom is -0.495 e. The second-order valence-electron chi connectivity index (χ2n) is 4.29. The van der Waals surface area contributed by atoms with Crippen LogP contribution in [0, 0.1) is 0 Å². The zero-order valence-electron chi connectivity index (χ0n) is 10.3. The van der Waals surface area contributed by atoms with Crippen molar-refractivity contribution in [1.82, 2.24) is 0 Å². The molecular weight excluding hydrogens is 280 g/mol. The van der Waals surface area contributed by atoms with Crippen LogP contribution in [0.4, 0.5) is 0 Å². The molecule has 2 nitrogen and oxygen atoms in total. The van der Waals surface area contributed by atoms with Gasteiger partial charge < -0.3 is 4.74 Å². The molecule has 1 aliphatic rings. The summed E-state index contributed by atoms with van der Waals surface area (Å²) in [5, 5.41) is 0.473. The van der Waals surface area contributed by atoms with Crippen molar-refractivity contribution < 1.29 is 9.53 Å². The third-order valence-electron chi connectivity index (χ3n) is 3.10. The summed E-state index contributed by atoms with van der Waals surface area (Å²) in [4.78, 5) is 14.3. The number of ether oxygens (including phenoxy) is 1. The second kappa shape index (κ2) is 4.91. The van der Waals surface area contributed by atoms with Gasteiger partial charge in [-0.15, -0.1) is 0 Å². The Labute approximate surface area is 120 Å². The number of Topliss-reactive ketones (excluding diaryl/α,β-unsaturated/α-hetero) is 1. The fourth-order valence-electron chi connectivity index (χ4n) is 2.13. The van der Waals surface area contributed by atoms with E-state index in [-0.39, 0.29) is 5.78 Å². The fraction of sp³-hybridized carbons (Fsp3) is 0.133. The lowest BCUT2D eigenvalue weighted by Crippen LogP contribution is -2.03. The predicted octanol–water partition coefficient (Wildman–Crippen LogP) is 4.24. The largest absolute Gasteiger partial charge is 0.495 e. The molecule has 0 atom stereocenters. The quantitative estimate of drug-likeness (QED) is 0.786. The van der Waals surface area contributed by atoms with Crippen LogP contribution < -0.4 is 4.74 Å². The minimum atomic E-state index is 0.0944. The summed E-state index contributed by atoms with van der Waals surface area (Å²) in [6, 6.07) is 11.5. The number of carbonyl (C=O) groups is 1. The minimum absolute atomic E-state index is 0.0944. The second-order valence-corrected chi connectivity index (χ2v) is 5.78. The van der Waals surface area contributed by atoms with Crippen molar-refractivity contribution in [3.05, 3.63) is 52.5 Å². The van der Waals surface area contributed by atoms with E-state index in [1.54, 1.807) is 24.9 Å². The number of methoxy groups -OCH3 is 1. The molecular formula is C15H11ClO2S. The molecule has 0 radical (unpaired) electrons. The highest BCUT2D eigenvalue weighted by Gasteiger charge is 2.22. The zero-order valence-corrected chi connectivity index (χ0v) is 11.8. The molecule has 0 spiro atoms. The highest BCUT2D eigenvalue weighted by atomic mass is 35.5. The van der Waals surface area contributed by atoms with Gasteiger partial charge >= 0.3 is 0 Å². The Morgan fingerprint density at radius 2 is 2.00 bits per heavy atom. The molecule has 19 heavy (non-hydrogen) atoms. The molecule has 2 aromatic carbocycles. The summed E-state index contributed by atoms with van der Waals surface area (Å²) < 4.78 is 5.22. The topological polar surface area (TPSA) is 26.3 Å². The van der Waals surface area contributed by atoms with Crippen LogP contribution in [0.5, 0.6) is 5.75 Å². The van der Waals surface area contributed by atoms with Crippen molar-refractivity contribution in [1.29, 1.82) is 0 Å². The van der Waals surface area contributed by atoms with E-state index in [4.69, 9.17) is 16.3 Å². The van der Waals surface area contributed by atoms with Gasteiger partial charge in [-0.3, -0.25) is 4.79 Å². The predicted molar refractivity (Wildman–Crippen MR) is 76.6 cm³/mol. The molecule has 0 saturated heterocycles. The summed E-state index contributed by atoms with van der Waals surface area (Å²) in [6.07, 6.45) is 0.416. The van der Waals surface area contributed by atoms with E-state index in [0.29, 0.717) is 22.8 Å². The lowest BCUT2D eigenvalue weighted by atomic mass is 10.0. The number of fused-ring (bicyclic) bond motifs is 2. The van der Waals surface area contributed by atoms with E-state index in [1.165, 1.54) is 0 Å². The highest BCUT2D eigenvalue weighted by Crippen LogP contribution is 2.41. The Morgan fingerprint density at radius 3 is 2.79 bits per heavy atom. The first-order valence-electron chi connectivity index (χ1n) is 5.85. The molecule has 0 N–H and O–H groups in total. The normalized spacial score (nSPS) is 13.5. The van der Waals surface area contributed by atoms with Crippen molar-refractivity contribution in [2.45, 2.75) is 16.2 Å². The van der Waals surface area contributed by atoms with Crippen molar-refractivity contribution in [3.8, 4) is 5.75 Å². The van der Waals surface area contributed by atoms with Crippen molar-refractivity contribution in [3.63, 3.8) is 0 Å². The van der Waals surface area contributed by atoms with E-state index in [9.17, 15) is 4.79 Å². The summed E-state index contributed by atoms with van der Waals surface area (Å²) in [6.45, 7) is 0. The van der Waals surface area contributed by atoms with E-state index in [2.05, 4.69) is 0 Å². The molecule has 0 unspecified atom stereocenters. The van der Waals surface area contributed by atoms with E-state index in [1.807, 2.05) is 30.3 Å². The Morgan fingerprint density at radius 1 is 1.21 bits per heavy atom. The molecule has 0 aromatic heterocycles. The third-order valence-corrected chi connectivity index (χ3v) is 4.57. The van der Waals surface area contributed by atoms with Gasteiger partial charge in [-0.25, -0.2) is 0 Å². The van der Waals surface area contributed by atoms with Crippen molar-refractivity contribution >= 4 is 29.1 Å². The summed E-state index contributed by atoms with van der Waals surface area (Å²) >= 11 is 7.69. The average Bonchev–Trinajstić information content (AvgIpc) is 2.54. The summed E-state index contributed by atoms with van der Waals surface area (Å²) in [7, 11) is 1.57. The number of hydrogen-bond donors (Lipinski definition) is 0. The first kappa shape index (κ1) is 12.6. The Hall–Kier alpha value is -1.45. The van der Waals surface area contributed by atoms with Crippen LogP contribution in [0.1, 0.15) is 15.9 Å². The van der Waals surface area contributed by atoms with Gasteiger partial charge in [0.05, 0.1) is 12.1 Å². The van der Waals surface area contributed by atoms with Crippen LogP contribution in [-0.2, 0) is 6.42 Å². The Kier molecular flexibility index (Phi) is 3.25. The maximum atomic E-state index is 12.3. The molecule has 1 heterocycles. The molecule has 4 heteroatoms. The summed E-state index contributed by atoms with van der Waals surface area (Å²) in [5.74, 6) is 0.692. The molecule has 3 rings (SSSR count). The fourth-order valence-corrected chi connectivity index (χ4v) is 3.47. The van der Waals surface area contributed by atoms with Crippen LogP contribution in [0.15, 0.2) is 46.2 Å².